The molecule has 0 heterocycles. The molecule has 0 aliphatic rings. The van der Waals surface area contributed by atoms with Crippen molar-refractivity contribution in [2.24, 2.45) is 0 Å². The maximum absolute atomic E-state index is 12.8. The van der Waals surface area contributed by atoms with Crippen molar-refractivity contribution in [2.45, 2.75) is 12.8 Å². The van der Waals surface area contributed by atoms with Gasteiger partial charge in [0.15, 0.2) is 6.61 Å². The smallest absolute Gasteiger partial charge is 0.341 e. The molecule has 0 fully saturated rings. The number of aliphatic carboxylic acids is 1. The van der Waals surface area contributed by atoms with Crippen LogP contribution in [0.2, 0.25) is 0 Å². The first-order valence-corrected chi connectivity index (χ1v) is 8.05. The van der Waals surface area contributed by atoms with Crippen molar-refractivity contribution in [3.8, 4) is 11.5 Å². The summed E-state index contributed by atoms with van der Waals surface area (Å²) in [7, 11) is 1.66. The number of rotatable bonds is 9. The van der Waals surface area contributed by atoms with Crippen LogP contribution in [0.25, 0.3) is 0 Å². The average Bonchev–Trinajstić information content (AvgIpc) is 2.64. The Hall–Kier alpha value is -3.09. The van der Waals surface area contributed by atoms with Crippen LogP contribution in [0, 0.1) is 5.82 Å². The number of carboxylic acids is 1. The average molecular weight is 361 g/mol. The highest BCUT2D eigenvalue weighted by molar-refractivity contribution is 5.92. The minimum atomic E-state index is -1.05. The molecule has 138 valence electrons. The van der Waals surface area contributed by atoms with Gasteiger partial charge in [-0.05, 0) is 55.0 Å². The number of benzene rings is 2. The van der Waals surface area contributed by atoms with E-state index in [9.17, 15) is 14.0 Å². The van der Waals surface area contributed by atoms with E-state index in [2.05, 4.69) is 0 Å². The second-order valence-electron chi connectivity index (χ2n) is 5.54. The zero-order chi connectivity index (χ0) is 18.9. The first-order valence-electron chi connectivity index (χ1n) is 8.05. The maximum atomic E-state index is 12.8. The molecule has 0 bridgehead atoms. The number of carboxylic acid groups (broad SMARTS) is 1. The van der Waals surface area contributed by atoms with E-state index in [1.165, 1.54) is 29.2 Å². The number of halogens is 1. The molecule has 0 aliphatic heterocycles. The quantitative estimate of drug-likeness (QED) is 0.695. The fraction of sp³-hybridized carbons (Fsp3) is 0.263. The van der Waals surface area contributed by atoms with Crippen molar-refractivity contribution in [1.29, 1.82) is 0 Å². The highest BCUT2D eigenvalue weighted by Crippen LogP contribution is 2.19. The Labute approximate surface area is 150 Å². The lowest BCUT2D eigenvalue weighted by Gasteiger charge is -2.18. The fourth-order valence-corrected chi connectivity index (χ4v) is 2.17. The van der Waals surface area contributed by atoms with Crippen molar-refractivity contribution < 1.29 is 28.6 Å². The third-order valence-corrected chi connectivity index (χ3v) is 3.58. The summed E-state index contributed by atoms with van der Waals surface area (Å²) in [6.45, 7) is -0.0602. The summed E-state index contributed by atoms with van der Waals surface area (Å²) in [4.78, 5) is 24.2. The Bertz CT molecular complexity index is 731. The Morgan fingerprint density at radius 2 is 1.58 bits per heavy atom. The molecule has 0 saturated carbocycles. The molecule has 7 heteroatoms. The van der Waals surface area contributed by atoms with Crippen LogP contribution in [-0.4, -0.2) is 37.2 Å². The zero-order valence-electron chi connectivity index (χ0n) is 14.4. The van der Waals surface area contributed by atoms with Gasteiger partial charge in [0.1, 0.15) is 17.3 Å². The summed E-state index contributed by atoms with van der Waals surface area (Å²) in [5.74, 6) is -0.474. The molecule has 2 rings (SSSR count). The summed E-state index contributed by atoms with van der Waals surface area (Å²) in [6, 6.07) is 12.3. The number of nitrogens with zero attached hydrogens (tertiary/aromatic N) is 1. The van der Waals surface area contributed by atoms with Crippen LogP contribution in [0.15, 0.2) is 48.5 Å². The van der Waals surface area contributed by atoms with Crippen LogP contribution in [0.1, 0.15) is 12.8 Å². The Morgan fingerprint density at radius 1 is 1.00 bits per heavy atom. The van der Waals surface area contributed by atoms with Gasteiger partial charge in [-0.1, -0.05) is 0 Å². The Balaban J connectivity index is 1.75. The van der Waals surface area contributed by atoms with Gasteiger partial charge in [0.25, 0.3) is 0 Å². The van der Waals surface area contributed by atoms with E-state index < -0.39 is 12.6 Å². The minimum Gasteiger partial charge on any atom is -0.494 e. The second kappa shape index (κ2) is 9.41. The first kappa shape index (κ1) is 19.2. The molecule has 2 aromatic rings. The van der Waals surface area contributed by atoms with Gasteiger partial charge in [-0.15, -0.1) is 0 Å². The molecule has 0 unspecified atom stereocenters. The van der Waals surface area contributed by atoms with Gasteiger partial charge in [0, 0.05) is 19.2 Å². The van der Waals surface area contributed by atoms with Gasteiger partial charge < -0.3 is 19.5 Å². The van der Waals surface area contributed by atoms with Crippen LogP contribution >= 0.6 is 0 Å². The van der Waals surface area contributed by atoms with E-state index in [-0.39, 0.29) is 11.7 Å². The van der Waals surface area contributed by atoms with Crippen LogP contribution in [0.5, 0.6) is 11.5 Å². The molecule has 0 radical (unpaired) electrons. The Kier molecular flexibility index (Phi) is 6.96. The van der Waals surface area contributed by atoms with Gasteiger partial charge in [0.2, 0.25) is 5.91 Å². The third kappa shape index (κ3) is 6.08. The number of carbonyl (C=O) groups excluding carboxylic acids is 1. The molecule has 2 aromatic carbocycles. The molecule has 0 aliphatic carbocycles. The van der Waals surface area contributed by atoms with Crippen LogP contribution in [-0.2, 0) is 9.59 Å². The maximum Gasteiger partial charge on any atom is 0.341 e. The summed E-state index contributed by atoms with van der Waals surface area (Å²) in [5.41, 5.74) is 0.678. The number of amides is 1. The molecule has 6 nitrogen and oxygen atoms in total. The normalized spacial score (nSPS) is 10.2. The standard InChI is InChI=1S/C19H20FNO5/c1-21(15-6-10-17(11-7-15)26-13-19(23)24)18(22)3-2-12-25-16-8-4-14(20)5-9-16/h4-11H,2-3,12-13H2,1H3,(H,23,24). The molecule has 1 amide bonds. The SMILES string of the molecule is CN(C(=O)CCCOc1ccc(F)cc1)c1ccc(OCC(=O)O)cc1. The predicted octanol–water partition coefficient (Wildman–Crippen LogP) is 3.11. The molecular formula is C19H20FNO5. The highest BCUT2D eigenvalue weighted by Gasteiger charge is 2.11. The highest BCUT2D eigenvalue weighted by atomic mass is 19.1. The van der Waals surface area contributed by atoms with Crippen molar-refractivity contribution in [2.75, 3.05) is 25.2 Å². The number of hydrogen-bond acceptors (Lipinski definition) is 4. The predicted molar refractivity (Wildman–Crippen MR) is 94.1 cm³/mol. The third-order valence-electron chi connectivity index (χ3n) is 3.58. The number of anilines is 1. The van der Waals surface area contributed by atoms with E-state index in [1.807, 2.05) is 0 Å². The second-order valence-corrected chi connectivity index (χ2v) is 5.54. The van der Waals surface area contributed by atoms with Gasteiger partial charge in [-0.3, -0.25) is 4.79 Å². The molecule has 0 saturated heterocycles. The Morgan fingerprint density at radius 3 is 2.19 bits per heavy atom. The summed E-state index contributed by atoms with van der Waals surface area (Å²) < 4.78 is 23.3. The van der Waals surface area contributed by atoms with E-state index in [0.717, 1.165) is 0 Å². The topological polar surface area (TPSA) is 76.1 Å². The van der Waals surface area contributed by atoms with Crippen molar-refractivity contribution in [1.82, 2.24) is 0 Å². The molecule has 0 aromatic heterocycles. The van der Waals surface area contributed by atoms with E-state index in [1.54, 1.807) is 31.3 Å². The van der Waals surface area contributed by atoms with Gasteiger partial charge in [0.05, 0.1) is 6.61 Å². The van der Waals surface area contributed by atoms with Gasteiger partial charge >= 0.3 is 5.97 Å². The van der Waals surface area contributed by atoms with E-state index in [4.69, 9.17) is 14.6 Å². The van der Waals surface area contributed by atoms with Crippen molar-refractivity contribution in [3.05, 3.63) is 54.3 Å². The van der Waals surface area contributed by atoms with Crippen LogP contribution < -0.4 is 14.4 Å². The van der Waals surface area contributed by atoms with E-state index in [0.29, 0.717) is 36.6 Å². The molecule has 1 N–H and O–H groups in total. The molecular weight excluding hydrogens is 341 g/mol. The number of carbonyl (C=O) groups is 2. The lowest BCUT2D eigenvalue weighted by molar-refractivity contribution is -0.139. The van der Waals surface area contributed by atoms with Crippen molar-refractivity contribution in [3.63, 3.8) is 0 Å². The zero-order valence-corrected chi connectivity index (χ0v) is 14.4. The minimum absolute atomic E-state index is 0.0769. The monoisotopic (exact) mass is 361 g/mol. The first-order chi connectivity index (χ1) is 12.5. The van der Waals surface area contributed by atoms with Gasteiger partial charge in [-0.2, -0.15) is 0 Å². The van der Waals surface area contributed by atoms with E-state index >= 15 is 0 Å². The summed E-state index contributed by atoms with van der Waals surface area (Å²) in [5, 5.41) is 8.57. The lowest BCUT2D eigenvalue weighted by Crippen LogP contribution is -2.26. The number of ether oxygens (including phenoxy) is 2. The summed E-state index contributed by atoms with van der Waals surface area (Å²) in [6.07, 6.45) is 0.829. The summed E-state index contributed by atoms with van der Waals surface area (Å²) >= 11 is 0. The van der Waals surface area contributed by atoms with Crippen molar-refractivity contribution >= 4 is 17.6 Å². The van der Waals surface area contributed by atoms with Gasteiger partial charge in [-0.25, -0.2) is 9.18 Å². The lowest BCUT2D eigenvalue weighted by atomic mass is 10.2. The number of hydrogen-bond donors (Lipinski definition) is 1. The molecule has 26 heavy (non-hydrogen) atoms. The largest absolute Gasteiger partial charge is 0.494 e. The molecule has 0 spiro atoms. The van der Waals surface area contributed by atoms with Crippen LogP contribution in [0.4, 0.5) is 10.1 Å². The molecule has 0 atom stereocenters. The fourth-order valence-electron chi connectivity index (χ4n) is 2.17. The van der Waals surface area contributed by atoms with Crippen LogP contribution in [0.3, 0.4) is 0 Å².